The molecule has 6 heteroatoms. The zero-order valence-corrected chi connectivity index (χ0v) is 16.8. The van der Waals surface area contributed by atoms with Crippen LogP contribution in [-0.4, -0.2) is 29.1 Å². The molecule has 0 aliphatic carbocycles. The van der Waals surface area contributed by atoms with Crippen molar-refractivity contribution in [2.45, 2.75) is 40.0 Å². The molecule has 1 heterocycles. The number of carbonyl (C=O) groups excluding carboxylic acids is 1. The molecule has 1 N–H and O–H groups in total. The SMILES string of the molecule is Cc1c(OCCCCOc2cncc(Cl)c2)ccc(C(=O)CC(C)C)c1O. The Balaban J connectivity index is 1.79. The van der Waals surface area contributed by atoms with Crippen LogP contribution in [0, 0.1) is 12.8 Å². The van der Waals surface area contributed by atoms with E-state index >= 15 is 0 Å². The van der Waals surface area contributed by atoms with Gasteiger partial charge in [0.25, 0.3) is 0 Å². The maximum atomic E-state index is 12.2. The summed E-state index contributed by atoms with van der Waals surface area (Å²) in [6, 6.07) is 5.10. The number of unbranched alkanes of at least 4 members (excludes halogenated alkanes) is 1. The van der Waals surface area contributed by atoms with Gasteiger partial charge in [-0.05, 0) is 37.8 Å². The van der Waals surface area contributed by atoms with Gasteiger partial charge in [-0.3, -0.25) is 9.78 Å². The fourth-order valence-electron chi connectivity index (χ4n) is 2.59. The molecular formula is C21H26ClNO4. The van der Waals surface area contributed by atoms with Crippen molar-refractivity contribution in [2.24, 2.45) is 5.92 Å². The van der Waals surface area contributed by atoms with E-state index in [1.807, 2.05) is 13.8 Å². The zero-order chi connectivity index (χ0) is 19.8. The average Bonchev–Trinajstić information content (AvgIpc) is 2.60. The lowest BCUT2D eigenvalue weighted by Crippen LogP contribution is -2.06. The summed E-state index contributed by atoms with van der Waals surface area (Å²) in [5.74, 6) is 1.44. The van der Waals surface area contributed by atoms with Crippen molar-refractivity contribution in [1.29, 1.82) is 0 Å². The van der Waals surface area contributed by atoms with Crippen molar-refractivity contribution >= 4 is 17.4 Å². The fraction of sp³-hybridized carbons (Fsp3) is 0.429. The summed E-state index contributed by atoms with van der Waals surface area (Å²) in [4.78, 5) is 16.1. The van der Waals surface area contributed by atoms with Gasteiger partial charge in [0.15, 0.2) is 5.78 Å². The second-order valence-electron chi connectivity index (χ2n) is 6.85. The van der Waals surface area contributed by atoms with Crippen molar-refractivity contribution in [3.8, 4) is 17.2 Å². The third-order valence-corrected chi connectivity index (χ3v) is 4.23. The molecule has 0 saturated carbocycles. The molecule has 5 nitrogen and oxygen atoms in total. The Morgan fingerprint density at radius 1 is 1.19 bits per heavy atom. The molecule has 0 atom stereocenters. The lowest BCUT2D eigenvalue weighted by atomic mass is 9.98. The average molecular weight is 392 g/mol. The Morgan fingerprint density at radius 3 is 2.56 bits per heavy atom. The largest absolute Gasteiger partial charge is 0.507 e. The summed E-state index contributed by atoms with van der Waals surface area (Å²) < 4.78 is 11.3. The standard InChI is InChI=1S/C21H26ClNO4/c1-14(2)10-19(24)18-6-7-20(15(3)21(18)25)27-9-5-4-8-26-17-11-16(22)12-23-13-17/h6-7,11-14,25H,4-5,8-10H2,1-3H3. The van der Waals surface area contributed by atoms with E-state index in [-0.39, 0.29) is 17.5 Å². The van der Waals surface area contributed by atoms with E-state index in [0.29, 0.717) is 47.3 Å². The quantitative estimate of drug-likeness (QED) is 0.444. The van der Waals surface area contributed by atoms with Gasteiger partial charge in [0.2, 0.25) is 0 Å². The Morgan fingerprint density at radius 2 is 1.89 bits per heavy atom. The molecule has 1 aromatic carbocycles. The zero-order valence-electron chi connectivity index (χ0n) is 16.0. The topological polar surface area (TPSA) is 68.7 Å². The fourth-order valence-corrected chi connectivity index (χ4v) is 2.76. The van der Waals surface area contributed by atoms with Gasteiger partial charge in [-0.2, -0.15) is 0 Å². The first-order valence-electron chi connectivity index (χ1n) is 9.10. The lowest BCUT2D eigenvalue weighted by Gasteiger charge is -2.13. The molecule has 0 aliphatic rings. The van der Waals surface area contributed by atoms with Crippen molar-refractivity contribution in [3.05, 3.63) is 46.7 Å². The molecule has 0 saturated heterocycles. The number of ether oxygens (including phenoxy) is 2. The van der Waals surface area contributed by atoms with Crippen molar-refractivity contribution in [3.63, 3.8) is 0 Å². The number of phenolic OH excluding ortho intramolecular Hbond substituents is 1. The molecule has 2 rings (SSSR count). The summed E-state index contributed by atoms with van der Waals surface area (Å²) in [7, 11) is 0. The Kier molecular flexibility index (Phi) is 7.92. The number of pyridine rings is 1. The van der Waals surface area contributed by atoms with E-state index in [1.165, 1.54) is 0 Å². The van der Waals surface area contributed by atoms with Gasteiger partial charge >= 0.3 is 0 Å². The molecule has 0 amide bonds. The highest BCUT2D eigenvalue weighted by Gasteiger charge is 2.16. The summed E-state index contributed by atoms with van der Waals surface area (Å²) in [5.41, 5.74) is 0.947. The van der Waals surface area contributed by atoms with Crippen LogP contribution in [-0.2, 0) is 0 Å². The lowest BCUT2D eigenvalue weighted by molar-refractivity contribution is 0.0965. The van der Waals surface area contributed by atoms with E-state index in [0.717, 1.165) is 12.8 Å². The number of phenols is 1. The van der Waals surface area contributed by atoms with Gasteiger partial charge in [0.05, 0.1) is 30.0 Å². The summed E-state index contributed by atoms with van der Waals surface area (Å²) >= 11 is 5.85. The van der Waals surface area contributed by atoms with Crippen LogP contribution in [0.1, 0.15) is 49.0 Å². The molecule has 0 spiro atoms. The van der Waals surface area contributed by atoms with Gasteiger partial charge < -0.3 is 14.6 Å². The molecule has 1 aromatic heterocycles. The second kappa shape index (κ2) is 10.2. The molecule has 27 heavy (non-hydrogen) atoms. The number of hydrogen-bond donors (Lipinski definition) is 1. The molecule has 2 aromatic rings. The minimum Gasteiger partial charge on any atom is -0.507 e. The molecule has 0 fully saturated rings. The maximum Gasteiger partial charge on any atom is 0.166 e. The highest BCUT2D eigenvalue weighted by molar-refractivity contribution is 6.30. The van der Waals surface area contributed by atoms with Gasteiger partial charge in [-0.1, -0.05) is 25.4 Å². The van der Waals surface area contributed by atoms with Crippen LogP contribution in [0.5, 0.6) is 17.2 Å². The number of carbonyl (C=O) groups is 1. The van der Waals surface area contributed by atoms with Gasteiger partial charge in [0, 0.05) is 24.2 Å². The Hall–Kier alpha value is -2.27. The minimum atomic E-state index is -0.0511. The molecule has 0 unspecified atom stereocenters. The van der Waals surface area contributed by atoms with E-state index in [2.05, 4.69) is 4.98 Å². The van der Waals surface area contributed by atoms with Crippen molar-refractivity contribution in [1.82, 2.24) is 4.98 Å². The summed E-state index contributed by atoms with van der Waals surface area (Å²) in [5, 5.41) is 10.9. The summed E-state index contributed by atoms with van der Waals surface area (Å²) in [6.45, 7) is 6.75. The number of ketones is 1. The predicted octanol–water partition coefficient (Wildman–Crippen LogP) is 5.22. The first kappa shape index (κ1) is 21.0. The van der Waals surface area contributed by atoms with Crippen LogP contribution in [0.15, 0.2) is 30.6 Å². The van der Waals surface area contributed by atoms with Gasteiger partial charge in [0.1, 0.15) is 17.2 Å². The van der Waals surface area contributed by atoms with Gasteiger partial charge in [-0.15, -0.1) is 0 Å². The normalized spacial score (nSPS) is 10.9. The third kappa shape index (κ3) is 6.43. The second-order valence-corrected chi connectivity index (χ2v) is 7.29. The van der Waals surface area contributed by atoms with Crippen LogP contribution in [0.4, 0.5) is 0 Å². The number of aromatic nitrogens is 1. The highest BCUT2D eigenvalue weighted by atomic mass is 35.5. The molecule has 0 radical (unpaired) electrons. The van der Waals surface area contributed by atoms with E-state index < -0.39 is 0 Å². The molecule has 0 aliphatic heterocycles. The predicted molar refractivity (Wildman–Crippen MR) is 106 cm³/mol. The Labute approximate surface area is 165 Å². The van der Waals surface area contributed by atoms with E-state index in [1.54, 1.807) is 37.5 Å². The Bertz CT molecular complexity index is 777. The number of aromatic hydroxyl groups is 1. The maximum absolute atomic E-state index is 12.2. The van der Waals surface area contributed by atoms with E-state index in [4.69, 9.17) is 21.1 Å². The molecule has 146 valence electrons. The highest BCUT2D eigenvalue weighted by Crippen LogP contribution is 2.31. The first-order chi connectivity index (χ1) is 12.9. The smallest absolute Gasteiger partial charge is 0.166 e. The van der Waals surface area contributed by atoms with Crippen LogP contribution < -0.4 is 9.47 Å². The number of hydrogen-bond acceptors (Lipinski definition) is 5. The number of Topliss-reactive ketones (excluding diaryl/α,β-unsaturated/α-hetero) is 1. The first-order valence-corrected chi connectivity index (χ1v) is 9.48. The monoisotopic (exact) mass is 391 g/mol. The van der Waals surface area contributed by atoms with Crippen LogP contribution in [0.3, 0.4) is 0 Å². The minimum absolute atomic E-state index is 0.00920. The van der Waals surface area contributed by atoms with Crippen LogP contribution in [0.2, 0.25) is 5.02 Å². The third-order valence-electron chi connectivity index (χ3n) is 4.02. The number of rotatable bonds is 10. The number of halogens is 1. The molecular weight excluding hydrogens is 366 g/mol. The van der Waals surface area contributed by atoms with Crippen molar-refractivity contribution in [2.75, 3.05) is 13.2 Å². The van der Waals surface area contributed by atoms with Gasteiger partial charge in [-0.25, -0.2) is 0 Å². The van der Waals surface area contributed by atoms with Crippen molar-refractivity contribution < 1.29 is 19.4 Å². The van der Waals surface area contributed by atoms with E-state index in [9.17, 15) is 9.90 Å². The number of nitrogens with zero attached hydrogens (tertiary/aromatic N) is 1. The van der Waals surface area contributed by atoms with Crippen LogP contribution in [0.25, 0.3) is 0 Å². The molecule has 0 bridgehead atoms. The van der Waals surface area contributed by atoms with Crippen LogP contribution >= 0.6 is 11.6 Å². The number of benzene rings is 1. The summed E-state index contributed by atoms with van der Waals surface area (Å²) in [6.07, 6.45) is 5.19.